The first-order chi connectivity index (χ1) is 7.38. The van der Waals surface area contributed by atoms with E-state index < -0.39 is 0 Å². The van der Waals surface area contributed by atoms with Crippen LogP contribution in [0, 0.1) is 0 Å². The Bertz CT molecular complexity index is 451. The van der Waals surface area contributed by atoms with Crippen LogP contribution < -0.4 is 4.74 Å². The number of oxime groups is 1. The van der Waals surface area contributed by atoms with Crippen LogP contribution in [-0.2, 0) is 0 Å². The van der Waals surface area contributed by atoms with Crippen LogP contribution in [0.4, 0.5) is 0 Å². The highest BCUT2D eigenvalue weighted by atomic mass is 32.1. The first-order valence-corrected chi connectivity index (χ1v) is 5.20. The second-order valence-electron chi connectivity index (χ2n) is 2.82. The summed E-state index contributed by atoms with van der Waals surface area (Å²) < 4.78 is 5.58. The van der Waals surface area contributed by atoms with Crippen molar-refractivity contribution >= 4 is 17.6 Å². The summed E-state index contributed by atoms with van der Waals surface area (Å²) in [4.78, 5) is 0.850. The molecule has 1 heterocycles. The molecule has 0 aliphatic carbocycles. The molecule has 0 bridgehead atoms. The van der Waals surface area contributed by atoms with Crippen LogP contribution in [0.25, 0.3) is 0 Å². The molecule has 2 rings (SSSR count). The van der Waals surface area contributed by atoms with Crippen molar-refractivity contribution in [2.45, 2.75) is 0 Å². The van der Waals surface area contributed by atoms with E-state index in [1.165, 1.54) is 17.6 Å². The Balaban J connectivity index is 2.11. The Morgan fingerprint density at radius 3 is 2.67 bits per heavy atom. The zero-order valence-electron chi connectivity index (χ0n) is 7.83. The van der Waals surface area contributed by atoms with E-state index in [2.05, 4.69) is 5.16 Å². The van der Waals surface area contributed by atoms with Gasteiger partial charge in [-0.1, -0.05) is 34.7 Å². The zero-order chi connectivity index (χ0) is 10.5. The van der Waals surface area contributed by atoms with Crippen molar-refractivity contribution in [2.24, 2.45) is 5.16 Å². The molecule has 4 heteroatoms. The summed E-state index contributed by atoms with van der Waals surface area (Å²) in [6.07, 6.45) is 1.38. The van der Waals surface area contributed by atoms with Gasteiger partial charge in [0.1, 0.15) is 5.75 Å². The molecule has 0 spiro atoms. The van der Waals surface area contributed by atoms with E-state index in [4.69, 9.17) is 9.94 Å². The summed E-state index contributed by atoms with van der Waals surface area (Å²) in [7, 11) is 0. The van der Waals surface area contributed by atoms with E-state index in [0.717, 1.165) is 15.7 Å². The Hall–Kier alpha value is -1.81. The number of rotatable bonds is 3. The van der Waals surface area contributed by atoms with Crippen molar-refractivity contribution < 1.29 is 9.94 Å². The lowest BCUT2D eigenvalue weighted by Crippen LogP contribution is -1.78. The highest BCUT2D eigenvalue weighted by Gasteiger charge is 2.00. The van der Waals surface area contributed by atoms with E-state index >= 15 is 0 Å². The van der Waals surface area contributed by atoms with E-state index in [1.54, 1.807) is 0 Å². The summed E-state index contributed by atoms with van der Waals surface area (Å²) in [5.74, 6) is 0.798. The fraction of sp³-hybridized carbons (Fsp3) is 0. The van der Waals surface area contributed by atoms with E-state index in [0.29, 0.717) is 0 Å². The molecule has 0 saturated heterocycles. The third kappa shape index (κ3) is 2.57. The number of para-hydroxylation sites is 1. The second-order valence-corrected chi connectivity index (χ2v) is 3.89. The van der Waals surface area contributed by atoms with Crippen LogP contribution in [-0.4, -0.2) is 11.4 Å². The summed E-state index contributed by atoms with van der Waals surface area (Å²) >= 11 is 1.42. The van der Waals surface area contributed by atoms with Crippen LogP contribution in [0.5, 0.6) is 10.8 Å². The van der Waals surface area contributed by atoms with Gasteiger partial charge in [-0.3, -0.25) is 0 Å². The highest BCUT2D eigenvalue weighted by Crippen LogP contribution is 2.28. The zero-order valence-corrected chi connectivity index (χ0v) is 8.65. The van der Waals surface area contributed by atoms with E-state index in [1.807, 2.05) is 42.5 Å². The molecule has 76 valence electrons. The van der Waals surface area contributed by atoms with E-state index in [-0.39, 0.29) is 0 Å². The summed E-state index contributed by atoms with van der Waals surface area (Å²) in [6.45, 7) is 0. The number of ether oxygens (including phenoxy) is 1. The molecule has 0 radical (unpaired) electrons. The van der Waals surface area contributed by atoms with Gasteiger partial charge in [-0.2, -0.15) is 0 Å². The molecular formula is C11H9NO2S. The van der Waals surface area contributed by atoms with Gasteiger partial charge in [0.25, 0.3) is 0 Å². The largest absolute Gasteiger partial charge is 0.447 e. The van der Waals surface area contributed by atoms with Gasteiger partial charge in [0.05, 0.1) is 11.1 Å². The lowest BCUT2D eigenvalue weighted by molar-refractivity contribution is 0.322. The fourth-order valence-electron chi connectivity index (χ4n) is 1.12. The third-order valence-electron chi connectivity index (χ3n) is 1.75. The lowest BCUT2D eigenvalue weighted by Gasteiger charge is -2.00. The van der Waals surface area contributed by atoms with Crippen molar-refractivity contribution in [3.05, 3.63) is 47.3 Å². The molecule has 1 aromatic carbocycles. The SMILES string of the molecule is O/N=C/c1ccc(Oc2ccccc2)s1. The van der Waals surface area contributed by atoms with Crippen LogP contribution in [0.2, 0.25) is 0 Å². The van der Waals surface area contributed by atoms with Gasteiger partial charge in [-0.15, -0.1) is 0 Å². The Morgan fingerprint density at radius 1 is 1.13 bits per heavy atom. The normalized spacial score (nSPS) is 10.7. The summed E-state index contributed by atoms with van der Waals surface area (Å²) in [5, 5.41) is 12.1. The molecule has 0 aliphatic heterocycles. The van der Waals surface area contributed by atoms with Gasteiger partial charge in [0.15, 0.2) is 5.06 Å². The van der Waals surface area contributed by atoms with Crippen molar-refractivity contribution in [1.29, 1.82) is 0 Å². The van der Waals surface area contributed by atoms with Gasteiger partial charge in [-0.25, -0.2) is 0 Å². The van der Waals surface area contributed by atoms with Crippen LogP contribution in [0.3, 0.4) is 0 Å². The molecule has 1 aromatic heterocycles. The standard InChI is InChI=1S/C11H9NO2S/c13-12-8-10-6-7-11(15-10)14-9-4-2-1-3-5-9/h1-8,13H/b12-8+. The quantitative estimate of drug-likeness (QED) is 0.488. The number of nitrogens with zero attached hydrogens (tertiary/aromatic N) is 1. The van der Waals surface area contributed by atoms with Gasteiger partial charge < -0.3 is 9.94 Å². The van der Waals surface area contributed by atoms with E-state index in [9.17, 15) is 0 Å². The molecule has 0 fully saturated rings. The average Bonchev–Trinajstić information content (AvgIpc) is 2.68. The minimum atomic E-state index is 0.774. The molecule has 0 amide bonds. The number of hydrogen-bond acceptors (Lipinski definition) is 4. The van der Waals surface area contributed by atoms with Gasteiger partial charge >= 0.3 is 0 Å². The molecule has 0 unspecified atom stereocenters. The predicted molar refractivity (Wildman–Crippen MR) is 60.2 cm³/mol. The smallest absolute Gasteiger partial charge is 0.181 e. The summed E-state index contributed by atoms with van der Waals surface area (Å²) in [5.41, 5.74) is 0. The molecule has 0 aliphatic rings. The number of hydrogen-bond donors (Lipinski definition) is 1. The van der Waals surface area contributed by atoms with Gasteiger partial charge in [-0.05, 0) is 24.3 Å². The average molecular weight is 219 g/mol. The predicted octanol–water partition coefficient (Wildman–Crippen LogP) is 3.35. The lowest BCUT2D eigenvalue weighted by atomic mass is 10.3. The highest BCUT2D eigenvalue weighted by molar-refractivity contribution is 7.15. The molecule has 1 N–H and O–H groups in total. The fourth-order valence-corrected chi connectivity index (χ4v) is 1.86. The molecule has 0 atom stereocenters. The second kappa shape index (κ2) is 4.61. The maximum atomic E-state index is 8.35. The van der Waals surface area contributed by atoms with Crippen molar-refractivity contribution in [1.82, 2.24) is 0 Å². The maximum Gasteiger partial charge on any atom is 0.181 e. The molecular weight excluding hydrogens is 210 g/mol. The van der Waals surface area contributed by atoms with Gasteiger partial charge in [0, 0.05) is 0 Å². The number of thiophene rings is 1. The Morgan fingerprint density at radius 2 is 1.93 bits per heavy atom. The minimum absolute atomic E-state index is 0.774. The first kappa shape index (κ1) is 9.73. The topological polar surface area (TPSA) is 41.8 Å². The van der Waals surface area contributed by atoms with Gasteiger partial charge in [0.2, 0.25) is 0 Å². The maximum absolute atomic E-state index is 8.35. The molecule has 3 nitrogen and oxygen atoms in total. The first-order valence-electron chi connectivity index (χ1n) is 4.38. The Kier molecular flexibility index (Phi) is 2.99. The Labute approximate surface area is 91.3 Å². The molecule has 0 saturated carbocycles. The van der Waals surface area contributed by atoms with Crippen molar-refractivity contribution in [3.8, 4) is 10.8 Å². The molecule has 2 aromatic rings. The molecule has 15 heavy (non-hydrogen) atoms. The van der Waals surface area contributed by atoms with Crippen LogP contribution in [0.1, 0.15) is 4.88 Å². The van der Waals surface area contributed by atoms with Crippen LogP contribution >= 0.6 is 11.3 Å². The monoisotopic (exact) mass is 219 g/mol. The minimum Gasteiger partial charge on any atom is -0.447 e. The van der Waals surface area contributed by atoms with Crippen molar-refractivity contribution in [3.63, 3.8) is 0 Å². The number of benzene rings is 1. The summed E-state index contributed by atoms with van der Waals surface area (Å²) in [6, 6.07) is 13.2. The third-order valence-corrected chi connectivity index (χ3v) is 2.65. The van der Waals surface area contributed by atoms with Crippen LogP contribution in [0.15, 0.2) is 47.6 Å². The van der Waals surface area contributed by atoms with Crippen molar-refractivity contribution in [2.75, 3.05) is 0 Å².